The van der Waals surface area contributed by atoms with Gasteiger partial charge in [0.15, 0.2) is 0 Å². The Labute approximate surface area is 171 Å². The van der Waals surface area contributed by atoms with Crippen molar-refractivity contribution in [2.45, 2.75) is 98.4 Å². The van der Waals surface area contributed by atoms with Gasteiger partial charge in [0.1, 0.15) is 5.82 Å². The van der Waals surface area contributed by atoms with Gasteiger partial charge in [-0.15, -0.1) is 0 Å². The van der Waals surface area contributed by atoms with Crippen LogP contribution in [0.1, 0.15) is 93.2 Å². The highest BCUT2D eigenvalue weighted by atomic mass is 16.2. The molecule has 1 rings (SSSR count). The first kappa shape index (κ1) is 24.2. The van der Waals surface area contributed by atoms with E-state index in [0.717, 1.165) is 31.4 Å². The van der Waals surface area contributed by atoms with Crippen LogP contribution in [0.15, 0.2) is 6.07 Å². The van der Waals surface area contributed by atoms with E-state index in [2.05, 4.69) is 53.8 Å². The molecule has 0 unspecified atom stereocenters. The monoisotopic (exact) mass is 392 g/mol. The van der Waals surface area contributed by atoms with Crippen molar-refractivity contribution < 1.29 is 9.59 Å². The Balaban J connectivity index is 2.92. The standard InChI is InChI=1S/C22H40N4O2/c1-9-11-12-13-20(28)25(14-10-2)16-19(27)23-18-15-17(21(3,4)5)24-26(18)22(6,7)8/h15H,9-14,16H2,1-8H3,(H,23,27). The summed E-state index contributed by atoms with van der Waals surface area (Å²) in [6.07, 6.45) is 4.34. The molecule has 0 saturated carbocycles. The summed E-state index contributed by atoms with van der Waals surface area (Å²) in [5.41, 5.74) is 0.559. The van der Waals surface area contributed by atoms with Crippen molar-refractivity contribution in [2.75, 3.05) is 18.4 Å². The molecule has 0 bridgehead atoms. The fourth-order valence-electron chi connectivity index (χ4n) is 2.95. The van der Waals surface area contributed by atoms with Crippen LogP contribution in [0.25, 0.3) is 0 Å². The molecule has 0 radical (unpaired) electrons. The number of hydrogen-bond acceptors (Lipinski definition) is 3. The van der Waals surface area contributed by atoms with Crippen LogP contribution >= 0.6 is 0 Å². The van der Waals surface area contributed by atoms with Gasteiger partial charge in [0.05, 0.1) is 17.8 Å². The second-order valence-electron chi connectivity index (χ2n) is 9.57. The molecule has 1 aromatic heterocycles. The van der Waals surface area contributed by atoms with E-state index in [1.165, 1.54) is 0 Å². The predicted octanol–water partition coefficient (Wildman–Crippen LogP) is 4.69. The molecule has 6 heteroatoms. The lowest BCUT2D eigenvalue weighted by molar-refractivity contribution is -0.134. The zero-order chi connectivity index (χ0) is 21.5. The second-order valence-corrected chi connectivity index (χ2v) is 9.57. The van der Waals surface area contributed by atoms with Crippen LogP contribution in [0.2, 0.25) is 0 Å². The summed E-state index contributed by atoms with van der Waals surface area (Å²) in [7, 11) is 0. The summed E-state index contributed by atoms with van der Waals surface area (Å²) in [4.78, 5) is 26.9. The molecule has 28 heavy (non-hydrogen) atoms. The van der Waals surface area contributed by atoms with Crippen molar-refractivity contribution in [3.63, 3.8) is 0 Å². The van der Waals surface area contributed by atoms with E-state index >= 15 is 0 Å². The maximum Gasteiger partial charge on any atom is 0.245 e. The summed E-state index contributed by atoms with van der Waals surface area (Å²) in [6.45, 7) is 17.3. The first-order valence-electron chi connectivity index (χ1n) is 10.6. The Morgan fingerprint density at radius 3 is 2.21 bits per heavy atom. The number of amides is 2. The number of nitrogens with zero attached hydrogens (tertiary/aromatic N) is 3. The number of hydrogen-bond donors (Lipinski definition) is 1. The number of carbonyl (C=O) groups is 2. The lowest BCUT2D eigenvalue weighted by Crippen LogP contribution is -2.39. The Bertz CT molecular complexity index is 650. The van der Waals surface area contributed by atoms with Crippen molar-refractivity contribution in [3.8, 4) is 0 Å². The van der Waals surface area contributed by atoms with Gasteiger partial charge in [0, 0.05) is 24.4 Å². The van der Waals surface area contributed by atoms with E-state index in [1.54, 1.807) is 4.90 Å². The van der Waals surface area contributed by atoms with Gasteiger partial charge >= 0.3 is 0 Å². The molecule has 1 aromatic rings. The first-order chi connectivity index (χ1) is 12.9. The second kappa shape index (κ2) is 10.1. The minimum Gasteiger partial charge on any atom is -0.333 e. The van der Waals surface area contributed by atoms with E-state index in [1.807, 2.05) is 17.7 Å². The zero-order valence-corrected chi connectivity index (χ0v) is 19.2. The highest BCUT2D eigenvalue weighted by Gasteiger charge is 2.26. The minimum atomic E-state index is -0.259. The third kappa shape index (κ3) is 7.28. The summed E-state index contributed by atoms with van der Waals surface area (Å²) in [5, 5.41) is 7.72. The quantitative estimate of drug-likeness (QED) is 0.620. The summed E-state index contributed by atoms with van der Waals surface area (Å²) < 4.78 is 1.86. The summed E-state index contributed by atoms with van der Waals surface area (Å²) >= 11 is 0. The third-order valence-corrected chi connectivity index (χ3v) is 4.56. The SMILES string of the molecule is CCCCCC(=O)N(CCC)CC(=O)Nc1cc(C(C)(C)C)nn1C(C)(C)C. The summed E-state index contributed by atoms with van der Waals surface area (Å²) in [6, 6.07) is 1.94. The highest BCUT2D eigenvalue weighted by Crippen LogP contribution is 2.28. The third-order valence-electron chi connectivity index (χ3n) is 4.56. The molecule has 0 saturated heterocycles. The Kier molecular flexibility index (Phi) is 8.71. The van der Waals surface area contributed by atoms with Gasteiger partial charge in [0.2, 0.25) is 11.8 Å². The van der Waals surface area contributed by atoms with E-state index in [0.29, 0.717) is 18.8 Å². The topological polar surface area (TPSA) is 67.2 Å². The largest absolute Gasteiger partial charge is 0.333 e. The molecular weight excluding hydrogens is 352 g/mol. The molecule has 0 atom stereocenters. The molecule has 0 aliphatic carbocycles. The van der Waals surface area contributed by atoms with Crippen LogP contribution in [0.5, 0.6) is 0 Å². The van der Waals surface area contributed by atoms with E-state index in [4.69, 9.17) is 5.10 Å². The molecule has 1 heterocycles. The Morgan fingerprint density at radius 1 is 1.07 bits per heavy atom. The molecular formula is C22H40N4O2. The first-order valence-corrected chi connectivity index (χ1v) is 10.6. The maximum atomic E-state index is 12.7. The van der Waals surface area contributed by atoms with Crippen LogP contribution in [0.3, 0.4) is 0 Å². The fraction of sp³-hybridized carbons (Fsp3) is 0.773. The fourth-order valence-corrected chi connectivity index (χ4v) is 2.95. The normalized spacial score (nSPS) is 12.1. The van der Waals surface area contributed by atoms with Gasteiger partial charge in [-0.25, -0.2) is 4.68 Å². The predicted molar refractivity (Wildman–Crippen MR) is 116 cm³/mol. The van der Waals surface area contributed by atoms with Crippen LogP contribution in [0.4, 0.5) is 5.82 Å². The van der Waals surface area contributed by atoms with Gasteiger partial charge < -0.3 is 10.2 Å². The van der Waals surface area contributed by atoms with Crippen LogP contribution in [-0.2, 0) is 20.5 Å². The van der Waals surface area contributed by atoms with Gasteiger partial charge in [-0.1, -0.05) is 47.5 Å². The number of unbranched alkanes of at least 4 members (excludes halogenated alkanes) is 2. The zero-order valence-electron chi connectivity index (χ0n) is 19.2. The molecule has 6 nitrogen and oxygen atoms in total. The van der Waals surface area contributed by atoms with E-state index < -0.39 is 0 Å². The average Bonchev–Trinajstić information content (AvgIpc) is 2.98. The van der Waals surface area contributed by atoms with Crippen molar-refractivity contribution in [3.05, 3.63) is 11.8 Å². The molecule has 0 spiro atoms. The van der Waals surface area contributed by atoms with Gasteiger partial charge in [-0.2, -0.15) is 5.10 Å². The van der Waals surface area contributed by atoms with Crippen LogP contribution in [0, 0.1) is 0 Å². The lowest BCUT2D eigenvalue weighted by atomic mass is 9.92. The van der Waals surface area contributed by atoms with Crippen molar-refractivity contribution in [1.82, 2.24) is 14.7 Å². The minimum absolute atomic E-state index is 0.0603. The highest BCUT2D eigenvalue weighted by molar-refractivity contribution is 5.94. The van der Waals surface area contributed by atoms with Crippen molar-refractivity contribution in [2.24, 2.45) is 0 Å². The van der Waals surface area contributed by atoms with Crippen LogP contribution < -0.4 is 5.32 Å². The maximum absolute atomic E-state index is 12.7. The van der Waals surface area contributed by atoms with Gasteiger partial charge in [-0.3, -0.25) is 9.59 Å². The molecule has 0 aromatic carbocycles. The van der Waals surface area contributed by atoms with Crippen molar-refractivity contribution in [1.29, 1.82) is 0 Å². The number of carbonyl (C=O) groups excluding carboxylic acids is 2. The van der Waals surface area contributed by atoms with Gasteiger partial charge in [0.25, 0.3) is 0 Å². The van der Waals surface area contributed by atoms with Crippen LogP contribution in [-0.4, -0.2) is 39.6 Å². The van der Waals surface area contributed by atoms with Crippen molar-refractivity contribution >= 4 is 17.6 Å². The van der Waals surface area contributed by atoms with E-state index in [9.17, 15) is 9.59 Å². The number of anilines is 1. The Morgan fingerprint density at radius 2 is 1.71 bits per heavy atom. The molecule has 2 amide bonds. The molecule has 0 fully saturated rings. The average molecular weight is 393 g/mol. The smallest absolute Gasteiger partial charge is 0.245 e. The number of nitrogens with one attached hydrogen (secondary N) is 1. The lowest BCUT2D eigenvalue weighted by Gasteiger charge is -2.24. The van der Waals surface area contributed by atoms with Gasteiger partial charge in [-0.05, 0) is 33.6 Å². The molecule has 1 N–H and O–H groups in total. The van der Waals surface area contributed by atoms with E-state index in [-0.39, 0.29) is 29.3 Å². The number of rotatable bonds is 9. The molecule has 160 valence electrons. The molecule has 0 aliphatic rings. The molecule has 0 aliphatic heterocycles. The number of aromatic nitrogens is 2. The summed E-state index contributed by atoms with van der Waals surface area (Å²) in [5.74, 6) is 0.561. The Hall–Kier alpha value is -1.85.